The number of ketones is 2. The highest BCUT2D eigenvalue weighted by atomic mass is 19.4. The van der Waals surface area contributed by atoms with E-state index >= 15 is 0 Å². The fourth-order valence-electron chi connectivity index (χ4n) is 0.910. The van der Waals surface area contributed by atoms with Crippen LogP contribution in [0.3, 0.4) is 0 Å². The van der Waals surface area contributed by atoms with E-state index in [0.29, 0.717) is 0 Å². The lowest BCUT2D eigenvalue weighted by Crippen LogP contribution is -2.46. The van der Waals surface area contributed by atoms with E-state index in [-0.39, 0.29) is 0 Å². The third kappa shape index (κ3) is 3.49. The normalized spacial score (nSPS) is 13.4. The van der Waals surface area contributed by atoms with E-state index in [1.165, 1.54) is 0 Å². The summed E-state index contributed by atoms with van der Waals surface area (Å²) in [5.41, 5.74) is 0. The SMILES string of the molecule is CC(C)C(=O)C(=O)C(C(F)(F)F)C(F)(F)F. The topological polar surface area (TPSA) is 34.1 Å². The van der Waals surface area contributed by atoms with Gasteiger partial charge in [-0.3, -0.25) is 9.59 Å². The van der Waals surface area contributed by atoms with Crippen LogP contribution in [0.25, 0.3) is 0 Å². The predicted octanol–water partition coefficient (Wildman–Crippen LogP) is 2.52. The van der Waals surface area contributed by atoms with Crippen LogP contribution in [-0.2, 0) is 9.59 Å². The lowest BCUT2D eigenvalue weighted by molar-refractivity contribution is -0.272. The summed E-state index contributed by atoms with van der Waals surface area (Å²) in [5, 5.41) is 0. The largest absolute Gasteiger partial charge is 0.407 e. The average Bonchev–Trinajstić information content (AvgIpc) is 1.96. The van der Waals surface area contributed by atoms with Gasteiger partial charge in [-0.25, -0.2) is 0 Å². The Morgan fingerprint density at radius 1 is 0.812 bits per heavy atom. The van der Waals surface area contributed by atoms with Crippen LogP contribution in [0.15, 0.2) is 0 Å². The molecule has 0 N–H and O–H groups in total. The van der Waals surface area contributed by atoms with Crippen molar-refractivity contribution in [1.82, 2.24) is 0 Å². The molecule has 0 saturated carbocycles. The predicted molar refractivity (Wildman–Crippen MR) is 40.5 cm³/mol. The summed E-state index contributed by atoms with van der Waals surface area (Å²) < 4.78 is 72.0. The van der Waals surface area contributed by atoms with Gasteiger partial charge in [-0.1, -0.05) is 13.8 Å². The van der Waals surface area contributed by atoms with E-state index in [1.54, 1.807) is 0 Å². The van der Waals surface area contributed by atoms with Crippen molar-refractivity contribution >= 4 is 11.6 Å². The maximum Gasteiger partial charge on any atom is 0.407 e. The third-order valence-electron chi connectivity index (χ3n) is 1.68. The Hall–Kier alpha value is -1.08. The summed E-state index contributed by atoms with van der Waals surface area (Å²) in [5.74, 6) is -9.58. The first-order valence-corrected chi connectivity index (χ1v) is 4.10. The molecular formula is C8H8F6O2. The van der Waals surface area contributed by atoms with Crippen LogP contribution in [0.2, 0.25) is 0 Å². The summed E-state index contributed by atoms with van der Waals surface area (Å²) in [4.78, 5) is 21.6. The van der Waals surface area contributed by atoms with Crippen LogP contribution in [0.1, 0.15) is 13.8 Å². The van der Waals surface area contributed by atoms with Crippen LogP contribution in [0, 0.1) is 11.8 Å². The summed E-state index contributed by atoms with van der Waals surface area (Å²) in [7, 11) is 0. The molecule has 0 aromatic rings. The zero-order valence-corrected chi connectivity index (χ0v) is 8.24. The molecule has 0 rings (SSSR count). The van der Waals surface area contributed by atoms with Crippen LogP contribution in [-0.4, -0.2) is 23.9 Å². The molecule has 0 aliphatic carbocycles. The molecule has 94 valence electrons. The molecule has 0 atom stereocenters. The van der Waals surface area contributed by atoms with Gasteiger partial charge in [0.2, 0.25) is 17.5 Å². The van der Waals surface area contributed by atoms with Crippen LogP contribution >= 0.6 is 0 Å². The number of rotatable bonds is 3. The maximum atomic E-state index is 12.0. The molecule has 0 aliphatic rings. The fraction of sp³-hybridized carbons (Fsp3) is 0.750. The Balaban J connectivity index is 5.25. The molecule has 0 fully saturated rings. The van der Waals surface area contributed by atoms with Crippen molar-refractivity contribution in [2.75, 3.05) is 0 Å². The molecule has 16 heavy (non-hydrogen) atoms. The highest BCUT2D eigenvalue weighted by Crippen LogP contribution is 2.40. The molecule has 0 bridgehead atoms. The van der Waals surface area contributed by atoms with Crippen molar-refractivity contribution in [3.05, 3.63) is 0 Å². The number of carbonyl (C=O) groups is 2. The second-order valence-electron chi connectivity index (χ2n) is 3.40. The van der Waals surface area contributed by atoms with Gasteiger partial charge in [-0.2, -0.15) is 26.3 Å². The highest BCUT2D eigenvalue weighted by molar-refractivity contribution is 6.38. The standard InChI is InChI=1S/C8H8F6O2/c1-3(2)4(15)5(16)6(7(9,10)11)8(12,13)14/h3,6H,1-2H3. The molecular weight excluding hydrogens is 242 g/mol. The quantitative estimate of drug-likeness (QED) is 0.569. The zero-order chi connectivity index (χ0) is 13.3. The van der Waals surface area contributed by atoms with Gasteiger partial charge in [-0.05, 0) is 0 Å². The van der Waals surface area contributed by atoms with Gasteiger partial charge >= 0.3 is 12.4 Å². The minimum Gasteiger partial charge on any atom is -0.291 e. The van der Waals surface area contributed by atoms with Crippen LogP contribution in [0.5, 0.6) is 0 Å². The summed E-state index contributed by atoms with van der Waals surface area (Å²) >= 11 is 0. The number of alkyl halides is 6. The minimum atomic E-state index is -5.81. The third-order valence-corrected chi connectivity index (χ3v) is 1.68. The molecule has 8 heteroatoms. The van der Waals surface area contributed by atoms with Crippen molar-refractivity contribution in [2.45, 2.75) is 26.2 Å². The summed E-state index contributed by atoms with van der Waals surface area (Å²) in [6.07, 6.45) is -11.6. The van der Waals surface area contributed by atoms with Crippen molar-refractivity contribution in [3.63, 3.8) is 0 Å². The van der Waals surface area contributed by atoms with Crippen molar-refractivity contribution in [1.29, 1.82) is 0 Å². The van der Waals surface area contributed by atoms with Crippen molar-refractivity contribution in [3.8, 4) is 0 Å². The summed E-state index contributed by atoms with van der Waals surface area (Å²) in [6.45, 7) is 2.09. The van der Waals surface area contributed by atoms with Gasteiger partial charge in [0.25, 0.3) is 0 Å². The lowest BCUT2D eigenvalue weighted by atomic mass is 9.94. The van der Waals surface area contributed by atoms with Crippen LogP contribution < -0.4 is 0 Å². The van der Waals surface area contributed by atoms with Crippen molar-refractivity contribution in [2.24, 2.45) is 11.8 Å². The molecule has 0 unspecified atom stereocenters. The van der Waals surface area contributed by atoms with E-state index < -0.39 is 35.8 Å². The number of Topliss-reactive ketones (excluding diaryl/α,β-unsaturated/α-hetero) is 2. The molecule has 0 saturated heterocycles. The van der Waals surface area contributed by atoms with Crippen LogP contribution in [0.4, 0.5) is 26.3 Å². The van der Waals surface area contributed by atoms with Gasteiger partial charge in [0.1, 0.15) is 0 Å². The van der Waals surface area contributed by atoms with E-state index in [9.17, 15) is 35.9 Å². The Labute approximate surface area is 86.6 Å². The first-order chi connectivity index (χ1) is 6.89. The van der Waals surface area contributed by atoms with Crippen molar-refractivity contribution < 1.29 is 35.9 Å². The Morgan fingerprint density at radius 2 is 1.12 bits per heavy atom. The van der Waals surface area contributed by atoms with E-state index in [4.69, 9.17) is 0 Å². The molecule has 0 heterocycles. The molecule has 0 aliphatic heterocycles. The molecule has 0 spiro atoms. The first kappa shape index (κ1) is 14.9. The van der Waals surface area contributed by atoms with E-state index in [1.807, 2.05) is 0 Å². The molecule has 0 radical (unpaired) electrons. The molecule has 0 aromatic carbocycles. The van der Waals surface area contributed by atoms with Gasteiger partial charge in [0.05, 0.1) is 0 Å². The second-order valence-corrected chi connectivity index (χ2v) is 3.40. The molecule has 2 nitrogen and oxygen atoms in total. The van der Waals surface area contributed by atoms with E-state index in [2.05, 4.69) is 0 Å². The second kappa shape index (κ2) is 4.42. The highest BCUT2D eigenvalue weighted by Gasteiger charge is 2.62. The number of hydrogen-bond acceptors (Lipinski definition) is 2. The maximum absolute atomic E-state index is 12.0. The smallest absolute Gasteiger partial charge is 0.291 e. The first-order valence-electron chi connectivity index (χ1n) is 4.10. The Kier molecular flexibility index (Phi) is 4.12. The van der Waals surface area contributed by atoms with Gasteiger partial charge in [0.15, 0.2) is 0 Å². The number of carbonyl (C=O) groups excluding carboxylic acids is 2. The Bertz CT molecular complexity index is 274. The van der Waals surface area contributed by atoms with Gasteiger partial charge in [0, 0.05) is 5.92 Å². The lowest BCUT2D eigenvalue weighted by Gasteiger charge is -2.21. The molecule has 0 amide bonds. The van der Waals surface area contributed by atoms with E-state index in [0.717, 1.165) is 13.8 Å². The number of hydrogen-bond donors (Lipinski definition) is 0. The monoisotopic (exact) mass is 250 g/mol. The van der Waals surface area contributed by atoms with Gasteiger partial charge < -0.3 is 0 Å². The fourth-order valence-corrected chi connectivity index (χ4v) is 0.910. The number of halogens is 6. The zero-order valence-electron chi connectivity index (χ0n) is 8.24. The summed E-state index contributed by atoms with van der Waals surface area (Å²) in [6, 6.07) is 0. The average molecular weight is 250 g/mol. The molecule has 0 aromatic heterocycles. The minimum absolute atomic E-state index is 1.05. The Morgan fingerprint density at radius 3 is 1.31 bits per heavy atom. The van der Waals surface area contributed by atoms with Gasteiger partial charge in [-0.15, -0.1) is 0 Å².